The van der Waals surface area contributed by atoms with Crippen LogP contribution < -0.4 is 0 Å². The van der Waals surface area contributed by atoms with Crippen molar-refractivity contribution in [3.63, 3.8) is 0 Å². The first-order valence-electron chi connectivity index (χ1n) is 8.05. The largest absolute Gasteiger partial charge is 0.507 e. The molecule has 1 aliphatic heterocycles. The first kappa shape index (κ1) is 17.9. The molecule has 0 bridgehead atoms. The number of carbonyl (C=O) groups is 1. The number of rotatable bonds is 2. The van der Waals surface area contributed by atoms with E-state index in [2.05, 4.69) is 43.0 Å². The van der Waals surface area contributed by atoms with Crippen molar-refractivity contribution in [2.75, 3.05) is 13.6 Å². The number of pyridine rings is 1. The maximum Gasteiger partial charge on any atom is 0.339 e. The summed E-state index contributed by atoms with van der Waals surface area (Å²) in [4.78, 5) is 17.1. The highest BCUT2D eigenvalue weighted by Gasteiger charge is 2.23. The molecule has 0 aliphatic carbocycles. The summed E-state index contributed by atoms with van der Waals surface area (Å²) in [5, 5.41) is 17.3. The van der Waals surface area contributed by atoms with Crippen LogP contribution in [0.4, 0.5) is 0 Å². The lowest BCUT2D eigenvalue weighted by Gasteiger charge is -2.21. The number of carboxylic acids is 1. The zero-order valence-electron chi connectivity index (χ0n) is 14.4. The molecule has 3 rings (SSSR count). The average molecular weight is 328 g/mol. The van der Waals surface area contributed by atoms with Crippen LogP contribution >= 0.6 is 0 Å². The third-order valence-corrected chi connectivity index (χ3v) is 4.30. The van der Waals surface area contributed by atoms with E-state index in [-0.39, 0.29) is 11.3 Å². The van der Waals surface area contributed by atoms with E-state index >= 15 is 0 Å². The Morgan fingerprint density at radius 2 is 2.00 bits per heavy atom. The minimum atomic E-state index is -1.11. The van der Waals surface area contributed by atoms with Crippen molar-refractivity contribution < 1.29 is 15.0 Å². The van der Waals surface area contributed by atoms with E-state index in [1.165, 1.54) is 42.6 Å². The van der Waals surface area contributed by atoms with Crippen molar-refractivity contribution >= 4 is 5.97 Å². The molecule has 0 saturated carbocycles. The van der Waals surface area contributed by atoms with E-state index in [4.69, 9.17) is 10.2 Å². The first-order chi connectivity index (χ1) is 11.4. The van der Waals surface area contributed by atoms with Gasteiger partial charge in [0, 0.05) is 17.9 Å². The Kier molecular flexibility index (Phi) is 5.93. The molecular weight excluding hydrogens is 304 g/mol. The fraction of sp³-hybridized carbons (Fsp3) is 0.368. The van der Waals surface area contributed by atoms with Gasteiger partial charge in [-0.05, 0) is 69.6 Å². The number of nitrogens with zero attached hydrogens (tertiary/aromatic N) is 2. The lowest BCUT2D eigenvalue weighted by Crippen LogP contribution is -2.18. The van der Waals surface area contributed by atoms with Gasteiger partial charge >= 0.3 is 5.97 Å². The molecule has 1 aromatic carbocycles. The van der Waals surface area contributed by atoms with Crippen LogP contribution in [0.3, 0.4) is 0 Å². The molecule has 24 heavy (non-hydrogen) atoms. The van der Waals surface area contributed by atoms with Gasteiger partial charge in [0.1, 0.15) is 11.3 Å². The van der Waals surface area contributed by atoms with Crippen molar-refractivity contribution in [1.82, 2.24) is 9.88 Å². The van der Waals surface area contributed by atoms with E-state index in [1.54, 1.807) is 12.1 Å². The Balaban J connectivity index is 0.000000185. The standard InChI is InChI=1S/C12H18N2.C7H6O3/c1-9-7-10(2)13-8-11(9)12-5-4-6-14(12)3;8-6-4-2-1-3-5(6)7(9)10/h7-8,12H,4-6H2,1-3H3;1-4,8H,(H,9,10)/t12-;/m0./s1. The second-order valence-electron chi connectivity index (χ2n) is 6.14. The Labute approximate surface area is 142 Å². The van der Waals surface area contributed by atoms with Crippen LogP contribution in [0.15, 0.2) is 36.5 Å². The molecule has 5 heteroatoms. The van der Waals surface area contributed by atoms with Gasteiger partial charge in [-0.1, -0.05) is 12.1 Å². The van der Waals surface area contributed by atoms with Gasteiger partial charge in [0.05, 0.1) is 0 Å². The molecule has 1 aliphatic rings. The number of para-hydroxylation sites is 1. The van der Waals surface area contributed by atoms with Crippen molar-refractivity contribution in [2.45, 2.75) is 32.7 Å². The number of aryl methyl sites for hydroxylation is 2. The van der Waals surface area contributed by atoms with Crippen LogP contribution in [0.25, 0.3) is 0 Å². The summed E-state index contributed by atoms with van der Waals surface area (Å²) in [7, 11) is 2.21. The summed E-state index contributed by atoms with van der Waals surface area (Å²) in [6.45, 7) is 5.46. The average Bonchev–Trinajstić information content (AvgIpc) is 2.94. The topological polar surface area (TPSA) is 73.7 Å². The monoisotopic (exact) mass is 328 g/mol. The molecule has 0 unspecified atom stereocenters. The fourth-order valence-electron chi connectivity index (χ4n) is 3.01. The maximum atomic E-state index is 10.3. The Hall–Kier alpha value is -2.40. The van der Waals surface area contributed by atoms with Gasteiger partial charge in [0.2, 0.25) is 0 Å². The molecule has 2 N–H and O–H groups in total. The zero-order chi connectivity index (χ0) is 17.7. The highest BCUT2D eigenvalue weighted by Crippen LogP contribution is 2.31. The molecule has 0 amide bonds. The van der Waals surface area contributed by atoms with E-state index < -0.39 is 5.97 Å². The van der Waals surface area contributed by atoms with Gasteiger partial charge in [-0.15, -0.1) is 0 Å². The first-order valence-corrected chi connectivity index (χ1v) is 8.05. The molecule has 0 spiro atoms. The van der Waals surface area contributed by atoms with Gasteiger partial charge < -0.3 is 10.2 Å². The Morgan fingerprint density at radius 3 is 2.50 bits per heavy atom. The quantitative estimate of drug-likeness (QED) is 0.882. The number of carboxylic acid groups (broad SMARTS) is 1. The third-order valence-electron chi connectivity index (χ3n) is 4.30. The summed E-state index contributed by atoms with van der Waals surface area (Å²) in [5.41, 5.74) is 3.85. The van der Waals surface area contributed by atoms with Crippen LogP contribution in [-0.4, -0.2) is 39.7 Å². The second kappa shape index (κ2) is 7.93. The molecule has 1 saturated heterocycles. The van der Waals surface area contributed by atoms with E-state index in [1.807, 2.05) is 0 Å². The van der Waals surface area contributed by atoms with E-state index in [9.17, 15) is 4.79 Å². The minimum Gasteiger partial charge on any atom is -0.507 e. The minimum absolute atomic E-state index is 0.0671. The lowest BCUT2D eigenvalue weighted by molar-refractivity contribution is 0.0693. The summed E-state index contributed by atoms with van der Waals surface area (Å²) in [6, 6.07) is 8.59. The number of benzene rings is 1. The molecule has 2 aromatic rings. The van der Waals surface area contributed by atoms with Gasteiger partial charge in [-0.3, -0.25) is 9.88 Å². The van der Waals surface area contributed by atoms with Gasteiger partial charge in [0.25, 0.3) is 0 Å². The van der Waals surface area contributed by atoms with Crippen LogP contribution in [0.5, 0.6) is 5.75 Å². The highest BCUT2D eigenvalue weighted by molar-refractivity contribution is 5.90. The van der Waals surface area contributed by atoms with E-state index in [0.717, 1.165) is 5.69 Å². The number of aromatic nitrogens is 1. The molecule has 2 heterocycles. The highest BCUT2D eigenvalue weighted by atomic mass is 16.4. The van der Waals surface area contributed by atoms with Gasteiger partial charge in [0.15, 0.2) is 0 Å². The van der Waals surface area contributed by atoms with Crippen molar-refractivity contribution in [2.24, 2.45) is 0 Å². The normalized spacial score (nSPS) is 17.2. The van der Waals surface area contributed by atoms with Crippen molar-refractivity contribution in [3.05, 3.63) is 58.9 Å². The second-order valence-corrected chi connectivity index (χ2v) is 6.14. The molecule has 0 radical (unpaired) electrons. The Morgan fingerprint density at radius 1 is 1.29 bits per heavy atom. The predicted molar refractivity (Wildman–Crippen MR) is 93.4 cm³/mol. The van der Waals surface area contributed by atoms with Crippen LogP contribution in [0.2, 0.25) is 0 Å². The predicted octanol–water partition coefficient (Wildman–Crippen LogP) is 3.56. The summed E-state index contributed by atoms with van der Waals surface area (Å²) < 4.78 is 0. The maximum absolute atomic E-state index is 10.3. The molecule has 1 aromatic heterocycles. The van der Waals surface area contributed by atoms with E-state index in [0.29, 0.717) is 6.04 Å². The summed E-state index contributed by atoms with van der Waals surface area (Å²) in [6.07, 6.45) is 4.65. The number of likely N-dealkylation sites (tertiary alicyclic amines) is 1. The number of aromatic hydroxyl groups is 1. The third kappa shape index (κ3) is 4.32. The molecule has 1 fully saturated rings. The number of hydrogen-bond acceptors (Lipinski definition) is 4. The summed E-state index contributed by atoms with van der Waals surface area (Å²) in [5.74, 6) is -1.31. The zero-order valence-corrected chi connectivity index (χ0v) is 14.4. The van der Waals surface area contributed by atoms with Crippen LogP contribution in [0.1, 0.15) is 46.1 Å². The molecule has 5 nitrogen and oxygen atoms in total. The Bertz CT molecular complexity index is 716. The van der Waals surface area contributed by atoms with Crippen molar-refractivity contribution in [3.8, 4) is 5.75 Å². The van der Waals surface area contributed by atoms with Crippen molar-refractivity contribution in [1.29, 1.82) is 0 Å². The fourth-order valence-corrected chi connectivity index (χ4v) is 3.01. The van der Waals surface area contributed by atoms with Gasteiger partial charge in [-0.2, -0.15) is 0 Å². The molecular formula is C19H24N2O3. The number of aromatic carboxylic acids is 1. The molecule has 128 valence electrons. The SMILES string of the molecule is Cc1cc(C)c([C@@H]2CCCN2C)cn1.O=C(O)c1ccccc1O. The lowest BCUT2D eigenvalue weighted by atomic mass is 10.0. The number of hydrogen-bond donors (Lipinski definition) is 2. The molecule has 1 atom stereocenters. The summed E-state index contributed by atoms with van der Waals surface area (Å²) >= 11 is 0. The van der Waals surface area contributed by atoms with Crippen LogP contribution in [-0.2, 0) is 0 Å². The number of phenols is 1. The van der Waals surface area contributed by atoms with Crippen LogP contribution in [0, 0.1) is 13.8 Å². The smallest absolute Gasteiger partial charge is 0.339 e. The van der Waals surface area contributed by atoms with Gasteiger partial charge in [-0.25, -0.2) is 4.79 Å².